The van der Waals surface area contributed by atoms with Gasteiger partial charge in [-0.25, -0.2) is 0 Å². The van der Waals surface area contributed by atoms with Crippen molar-refractivity contribution in [2.24, 2.45) is 0 Å². The Labute approximate surface area is 85.5 Å². The molecule has 1 nitrogen and oxygen atoms in total. The number of halogens is 3. The van der Waals surface area contributed by atoms with Gasteiger partial charge >= 0.3 is 6.18 Å². The Morgan fingerprint density at radius 1 is 1.13 bits per heavy atom. The fraction of sp³-hybridized carbons (Fsp3) is 0.273. The topological polar surface area (TPSA) is 20.2 Å². The molecule has 0 saturated carbocycles. The van der Waals surface area contributed by atoms with Crippen LogP contribution in [0.4, 0.5) is 13.2 Å². The Morgan fingerprint density at radius 2 is 1.67 bits per heavy atom. The van der Waals surface area contributed by atoms with Crippen molar-refractivity contribution in [3.8, 4) is 11.8 Å². The Kier molecular flexibility index (Phi) is 3.06. The van der Waals surface area contributed by atoms with E-state index in [0.717, 1.165) is 0 Å². The second-order valence-electron chi connectivity index (χ2n) is 3.19. The van der Waals surface area contributed by atoms with E-state index in [2.05, 4.69) is 5.92 Å². The van der Waals surface area contributed by atoms with Gasteiger partial charge in [-0.2, -0.15) is 13.2 Å². The summed E-state index contributed by atoms with van der Waals surface area (Å²) in [6.45, 7) is 0.628. The van der Waals surface area contributed by atoms with E-state index in [1.54, 1.807) is 36.3 Å². The first-order chi connectivity index (χ1) is 6.83. The fourth-order valence-electron chi connectivity index (χ4n) is 0.786. The molecule has 1 N–H and O–H groups in total. The van der Waals surface area contributed by atoms with Gasteiger partial charge in [0.25, 0.3) is 0 Å². The molecule has 0 spiro atoms. The minimum Gasteiger partial charge on any atom is -0.370 e. The van der Waals surface area contributed by atoms with Gasteiger partial charge in [-0.15, -0.1) is 0 Å². The summed E-state index contributed by atoms with van der Waals surface area (Å²) in [5.74, 6) is 4.07. The zero-order valence-corrected chi connectivity index (χ0v) is 7.97. The summed E-state index contributed by atoms with van der Waals surface area (Å²) in [7, 11) is 0. The van der Waals surface area contributed by atoms with E-state index in [9.17, 15) is 13.2 Å². The molecule has 0 aliphatic rings. The lowest BCUT2D eigenvalue weighted by Gasteiger charge is -2.19. The smallest absolute Gasteiger partial charge is 0.370 e. The van der Waals surface area contributed by atoms with Crippen molar-refractivity contribution >= 4 is 0 Å². The van der Waals surface area contributed by atoms with Crippen LogP contribution in [0, 0.1) is 11.8 Å². The monoisotopic (exact) mass is 214 g/mol. The van der Waals surface area contributed by atoms with Crippen molar-refractivity contribution in [1.82, 2.24) is 0 Å². The fourth-order valence-corrected chi connectivity index (χ4v) is 0.786. The Bertz CT molecular complexity index is 382. The number of rotatable bonds is 0. The summed E-state index contributed by atoms with van der Waals surface area (Å²) in [6, 6.07) is 8.19. The third kappa shape index (κ3) is 3.00. The normalized spacial score (nSPS) is 15.0. The molecule has 1 atom stereocenters. The quantitative estimate of drug-likeness (QED) is 0.657. The van der Waals surface area contributed by atoms with Gasteiger partial charge in [0.2, 0.25) is 5.60 Å². The lowest BCUT2D eigenvalue weighted by atomic mass is 10.1. The molecule has 1 aromatic carbocycles. The first-order valence-corrected chi connectivity index (χ1v) is 4.20. The van der Waals surface area contributed by atoms with Crippen molar-refractivity contribution in [2.45, 2.75) is 18.7 Å². The summed E-state index contributed by atoms with van der Waals surface area (Å²) < 4.78 is 36.6. The maximum absolute atomic E-state index is 12.2. The van der Waals surface area contributed by atoms with Crippen molar-refractivity contribution in [3.63, 3.8) is 0 Å². The molecule has 0 radical (unpaired) electrons. The van der Waals surface area contributed by atoms with E-state index < -0.39 is 11.8 Å². The second kappa shape index (κ2) is 3.95. The molecule has 80 valence electrons. The number of hydrogen-bond donors (Lipinski definition) is 1. The SMILES string of the molecule is CC(O)(C#Cc1ccccc1)C(F)(F)F. The Balaban J connectivity index is 2.92. The first-order valence-electron chi connectivity index (χ1n) is 4.20. The molecule has 0 saturated heterocycles. The van der Waals surface area contributed by atoms with Crippen LogP contribution in [-0.4, -0.2) is 16.9 Å². The highest BCUT2D eigenvalue weighted by molar-refractivity contribution is 5.36. The van der Waals surface area contributed by atoms with Gasteiger partial charge in [0.1, 0.15) is 0 Å². The average Bonchev–Trinajstić information content (AvgIpc) is 2.15. The molecule has 0 heterocycles. The van der Waals surface area contributed by atoms with Crippen molar-refractivity contribution in [1.29, 1.82) is 0 Å². The zero-order chi connectivity index (χ0) is 11.5. The van der Waals surface area contributed by atoms with Crippen LogP contribution in [0.15, 0.2) is 30.3 Å². The van der Waals surface area contributed by atoms with E-state index in [0.29, 0.717) is 12.5 Å². The first kappa shape index (κ1) is 11.6. The van der Waals surface area contributed by atoms with E-state index >= 15 is 0 Å². The van der Waals surface area contributed by atoms with Gasteiger partial charge in [-0.1, -0.05) is 30.0 Å². The highest BCUT2D eigenvalue weighted by atomic mass is 19.4. The predicted octanol–water partition coefficient (Wildman–Crippen LogP) is 2.35. The van der Waals surface area contributed by atoms with Crippen LogP contribution in [0.1, 0.15) is 12.5 Å². The average molecular weight is 214 g/mol. The number of alkyl halides is 3. The van der Waals surface area contributed by atoms with Crippen molar-refractivity contribution in [2.75, 3.05) is 0 Å². The molecule has 0 aromatic heterocycles. The van der Waals surface area contributed by atoms with Crippen LogP contribution in [0.3, 0.4) is 0 Å². The third-order valence-electron chi connectivity index (χ3n) is 1.78. The standard InChI is InChI=1S/C11H9F3O/c1-10(15,11(12,13)14)8-7-9-5-3-2-4-6-9/h2-6,15H,1H3. The van der Waals surface area contributed by atoms with Gasteiger partial charge < -0.3 is 5.11 Å². The van der Waals surface area contributed by atoms with Crippen LogP contribution < -0.4 is 0 Å². The minimum atomic E-state index is -4.74. The van der Waals surface area contributed by atoms with E-state index in [-0.39, 0.29) is 0 Å². The molecule has 0 aliphatic heterocycles. The van der Waals surface area contributed by atoms with E-state index in [1.165, 1.54) is 0 Å². The largest absolute Gasteiger partial charge is 0.428 e. The molecular weight excluding hydrogens is 205 g/mol. The molecule has 0 aliphatic carbocycles. The summed E-state index contributed by atoms with van der Waals surface area (Å²) in [6.07, 6.45) is -4.74. The van der Waals surface area contributed by atoms with Crippen LogP contribution in [0.5, 0.6) is 0 Å². The minimum absolute atomic E-state index is 0.432. The summed E-state index contributed by atoms with van der Waals surface area (Å²) in [5.41, 5.74) is -2.54. The summed E-state index contributed by atoms with van der Waals surface area (Å²) in [4.78, 5) is 0. The van der Waals surface area contributed by atoms with Gasteiger partial charge in [0.15, 0.2) is 0 Å². The highest BCUT2D eigenvalue weighted by Gasteiger charge is 2.48. The third-order valence-corrected chi connectivity index (χ3v) is 1.78. The Hall–Kier alpha value is -1.47. The van der Waals surface area contributed by atoms with Crippen LogP contribution in [0.2, 0.25) is 0 Å². The van der Waals surface area contributed by atoms with E-state index in [4.69, 9.17) is 5.11 Å². The molecule has 1 rings (SSSR count). The highest BCUT2D eigenvalue weighted by Crippen LogP contribution is 2.29. The van der Waals surface area contributed by atoms with Gasteiger partial charge in [-0.05, 0) is 19.1 Å². The van der Waals surface area contributed by atoms with E-state index in [1.807, 2.05) is 0 Å². The van der Waals surface area contributed by atoms with Crippen LogP contribution in [-0.2, 0) is 0 Å². The molecule has 1 unspecified atom stereocenters. The van der Waals surface area contributed by atoms with Crippen LogP contribution >= 0.6 is 0 Å². The maximum atomic E-state index is 12.2. The maximum Gasteiger partial charge on any atom is 0.428 e. The van der Waals surface area contributed by atoms with Crippen LogP contribution in [0.25, 0.3) is 0 Å². The van der Waals surface area contributed by atoms with Gasteiger partial charge in [0, 0.05) is 5.56 Å². The van der Waals surface area contributed by atoms with Gasteiger partial charge in [-0.3, -0.25) is 0 Å². The summed E-state index contributed by atoms with van der Waals surface area (Å²) in [5, 5.41) is 9.01. The lowest BCUT2D eigenvalue weighted by molar-refractivity contribution is -0.228. The molecule has 1 aromatic rings. The number of benzene rings is 1. The summed E-state index contributed by atoms with van der Waals surface area (Å²) >= 11 is 0. The molecule has 15 heavy (non-hydrogen) atoms. The van der Waals surface area contributed by atoms with Crippen molar-refractivity contribution in [3.05, 3.63) is 35.9 Å². The Morgan fingerprint density at radius 3 is 2.13 bits per heavy atom. The number of hydrogen-bond acceptors (Lipinski definition) is 1. The zero-order valence-electron chi connectivity index (χ0n) is 7.97. The molecular formula is C11H9F3O. The molecule has 0 fully saturated rings. The van der Waals surface area contributed by atoms with Gasteiger partial charge in [0.05, 0.1) is 0 Å². The van der Waals surface area contributed by atoms with Crippen molar-refractivity contribution < 1.29 is 18.3 Å². The molecule has 0 bridgehead atoms. The second-order valence-corrected chi connectivity index (χ2v) is 3.19. The molecule has 0 amide bonds. The predicted molar refractivity (Wildman–Crippen MR) is 50.0 cm³/mol. The number of aliphatic hydroxyl groups is 1. The molecule has 4 heteroatoms. The lowest BCUT2D eigenvalue weighted by Crippen LogP contribution is -2.40.